The van der Waals surface area contributed by atoms with Crippen molar-refractivity contribution in [3.05, 3.63) is 29.8 Å². The molecule has 0 aliphatic carbocycles. The fraction of sp³-hybridized carbons (Fsp3) is 0.417. The smallest absolute Gasteiger partial charge is 0.307 e. The molecule has 0 unspecified atom stereocenters. The standard InChI is InChI=1S/C12H16O3/c1-9-6-4-5-7-10(9)15-12(2,3)8-11(13)14/h4-7H,8H2,1-3H3,(H,13,14). The highest BCUT2D eigenvalue weighted by Gasteiger charge is 2.24. The summed E-state index contributed by atoms with van der Waals surface area (Å²) in [5.74, 6) is -0.114. The Balaban J connectivity index is 2.77. The summed E-state index contributed by atoms with van der Waals surface area (Å²) in [6.45, 7) is 5.48. The van der Waals surface area contributed by atoms with Crippen LogP contribution in [0.25, 0.3) is 0 Å². The maximum absolute atomic E-state index is 10.6. The maximum Gasteiger partial charge on any atom is 0.307 e. The highest BCUT2D eigenvalue weighted by atomic mass is 16.5. The van der Waals surface area contributed by atoms with E-state index in [1.54, 1.807) is 13.8 Å². The summed E-state index contributed by atoms with van der Waals surface area (Å²) in [5.41, 5.74) is 0.328. The Hall–Kier alpha value is -1.51. The Morgan fingerprint density at radius 2 is 2.00 bits per heavy atom. The van der Waals surface area contributed by atoms with Gasteiger partial charge in [-0.3, -0.25) is 4.79 Å². The summed E-state index contributed by atoms with van der Waals surface area (Å²) in [4.78, 5) is 10.6. The molecular weight excluding hydrogens is 192 g/mol. The molecule has 0 radical (unpaired) electrons. The second-order valence-corrected chi connectivity index (χ2v) is 4.20. The number of aliphatic carboxylic acids is 1. The van der Waals surface area contributed by atoms with Gasteiger partial charge in [0, 0.05) is 0 Å². The highest BCUT2D eigenvalue weighted by Crippen LogP contribution is 2.24. The van der Waals surface area contributed by atoms with Crippen molar-refractivity contribution < 1.29 is 14.6 Å². The minimum atomic E-state index is -0.853. The lowest BCUT2D eigenvalue weighted by Gasteiger charge is -2.25. The topological polar surface area (TPSA) is 46.5 Å². The van der Waals surface area contributed by atoms with Gasteiger partial charge in [0.25, 0.3) is 0 Å². The molecule has 0 fully saturated rings. The molecule has 0 saturated heterocycles. The quantitative estimate of drug-likeness (QED) is 0.827. The first-order valence-electron chi connectivity index (χ1n) is 4.87. The van der Waals surface area contributed by atoms with Crippen LogP contribution in [0.4, 0.5) is 0 Å². The molecule has 1 aromatic carbocycles. The molecule has 0 bridgehead atoms. The number of carboxylic acid groups (broad SMARTS) is 1. The van der Waals surface area contributed by atoms with Crippen molar-refractivity contribution in [3.8, 4) is 5.75 Å². The Bertz CT molecular complexity index is 356. The predicted octanol–water partition coefficient (Wildman–Crippen LogP) is 2.63. The Kier molecular flexibility index (Phi) is 3.35. The van der Waals surface area contributed by atoms with E-state index in [2.05, 4.69) is 0 Å². The van der Waals surface area contributed by atoms with E-state index in [1.165, 1.54) is 0 Å². The Morgan fingerprint density at radius 1 is 1.40 bits per heavy atom. The molecule has 0 heterocycles. The minimum Gasteiger partial charge on any atom is -0.487 e. The third kappa shape index (κ3) is 3.62. The van der Waals surface area contributed by atoms with E-state index in [9.17, 15) is 4.79 Å². The van der Waals surface area contributed by atoms with Crippen LogP contribution in [0, 0.1) is 6.92 Å². The molecule has 0 amide bonds. The second-order valence-electron chi connectivity index (χ2n) is 4.20. The number of rotatable bonds is 4. The normalized spacial score (nSPS) is 11.1. The summed E-state index contributed by atoms with van der Waals surface area (Å²) in [7, 11) is 0. The molecular formula is C12H16O3. The Labute approximate surface area is 89.7 Å². The summed E-state index contributed by atoms with van der Waals surface area (Å²) < 4.78 is 5.66. The number of carbonyl (C=O) groups is 1. The van der Waals surface area contributed by atoms with E-state index in [0.717, 1.165) is 11.3 Å². The van der Waals surface area contributed by atoms with Crippen molar-refractivity contribution in [2.24, 2.45) is 0 Å². The fourth-order valence-electron chi connectivity index (χ4n) is 1.37. The van der Waals surface area contributed by atoms with Gasteiger partial charge < -0.3 is 9.84 Å². The van der Waals surface area contributed by atoms with Crippen LogP contribution < -0.4 is 4.74 Å². The zero-order valence-corrected chi connectivity index (χ0v) is 9.28. The van der Waals surface area contributed by atoms with E-state index in [-0.39, 0.29) is 6.42 Å². The fourth-order valence-corrected chi connectivity index (χ4v) is 1.37. The predicted molar refractivity (Wildman–Crippen MR) is 58.1 cm³/mol. The van der Waals surface area contributed by atoms with Gasteiger partial charge >= 0.3 is 5.97 Å². The first-order valence-corrected chi connectivity index (χ1v) is 4.87. The Morgan fingerprint density at radius 3 is 2.53 bits per heavy atom. The summed E-state index contributed by atoms with van der Waals surface area (Å²) >= 11 is 0. The van der Waals surface area contributed by atoms with Crippen LogP contribution in [-0.2, 0) is 4.79 Å². The maximum atomic E-state index is 10.6. The highest BCUT2D eigenvalue weighted by molar-refractivity contribution is 5.68. The molecule has 15 heavy (non-hydrogen) atoms. The summed E-state index contributed by atoms with van der Waals surface area (Å²) in [5, 5.41) is 8.72. The average molecular weight is 208 g/mol. The van der Waals surface area contributed by atoms with Crippen LogP contribution in [0.3, 0.4) is 0 Å². The molecule has 0 aromatic heterocycles. The van der Waals surface area contributed by atoms with E-state index in [4.69, 9.17) is 9.84 Å². The van der Waals surface area contributed by atoms with Crippen molar-refractivity contribution in [1.29, 1.82) is 0 Å². The van der Waals surface area contributed by atoms with Crippen LogP contribution >= 0.6 is 0 Å². The summed E-state index contributed by atoms with van der Waals surface area (Å²) in [6.07, 6.45) is -0.0126. The van der Waals surface area contributed by atoms with Crippen LogP contribution in [0.15, 0.2) is 24.3 Å². The zero-order chi connectivity index (χ0) is 11.5. The molecule has 0 saturated carbocycles. The third-order valence-corrected chi connectivity index (χ3v) is 2.06. The molecule has 0 aliphatic heterocycles. The van der Waals surface area contributed by atoms with Crippen molar-refractivity contribution in [2.45, 2.75) is 32.8 Å². The van der Waals surface area contributed by atoms with Gasteiger partial charge in [-0.25, -0.2) is 0 Å². The van der Waals surface area contributed by atoms with Crippen molar-refractivity contribution in [3.63, 3.8) is 0 Å². The number of carboxylic acids is 1. The number of para-hydroxylation sites is 1. The minimum absolute atomic E-state index is 0.0126. The molecule has 0 spiro atoms. The monoisotopic (exact) mass is 208 g/mol. The largest absolute Gasteiger partial charge is 0.487 e. The van der Waals surface area contributed by atoms with Gasteiger partial charge in [-0.15, -0.1) is 0 Å². The molecule has 1 aromatic rings. The lowest BCUT2D eigenvalue weighted by atomic mass is 10.1. The lowest BCUT2D eigenvalue weighted by molar-refractivity contribution is -0.140. The van der Waals surface area contributed by atoms with Crippen molar-refractivity contribution >= 4 is 5.97 Å². The van der Waals surface area contributed by atoms with Gasteiger partial charge in [0.15, 0.2) is 0 Å². The number of aryl methyl sites for hydroxylation is 1. The van der Waals surface area contributed by atoms with E-state index < -0.39 is 11.6 Å². The molecule has 3 heteroatoms. The van der Waals surface area contributed by atoms with Gasteiger partial charge in [0.05, 0.1) is 6.42 Å². The number of hydrogen-bond donors (Lipinski definition) is 1. The average Bonchev–Trinajstić information content (AvgIpc) is 2.06. The molecule has 82 valence electrons. The first-order chi connectivity index (χ1) is 6.91. The zero-order valence-electron chi connectivity index (χ0n) is 9.28. The van der Waals surface area contributed by atoms with E-state index in [1.807, 2.05) is 31.2 Å². The number of ether oxygens (including phenoxy) is 1. The van der Waals surface area contributed by atoms with Gasteiger partial charge in [-0.1, -0.05) is 18.2 Å². The van der Waals surface area contributed by atoms with Crippen molar-refractivity contribution in [1.82, 2.24) is 0 Å². The lowest BCUT2D eigenvalue weighted by Crippen LogP contribution is -2.31. The van der Waals surface area contributed by atoms with Crippen LogP contribution in [0.5, 0.6) is 5.75 Å². The third-order valence-electron chi connectivity index (χ3n) is 2.06. The van der Waals surface area contributed by atoms with Gasteiger partial charge in [-0.05, 0) is 32.4 Å². The molecule has 1 rings (SSSR count). The van der Waals surface area contributed by atoms with Crippen LogP contribution in [0.1, 0.15) is 25.8 Å². The molecule has 0 aliphatic rings. The van der Waals surface area contributed by atoms with Gasteiger partial charge in [0.1, 0.15) is 11.4 Å². The molecule has 1 N–H and O–H groups in total. The number of benzene rings is 1. The van der Waals surface area contributed by atoms with Crippen molar-refractivity contribution in [2.75, 3.05) is 0 Å². The van der Waals surface area contributed by atoms with Crippen LogP contribution in [-0.4, -0.2) is 16.7 Å². The SMILES string of the molecule is Cc1ccccc1OC(C)(C)CC(=O)O. The summed E-state index contributed by atoms with van der Waals surface area (Å²) in [6, 6.07) is 7.58. The number of hydrogen-bond acceptors (Lipinski definition) is 2. The second kappa shape index (κ2) is 4.34. The first kappa shape index (κ1) is 11.6. The van der Waals surface area contributed by atoms with Crippen LogP contribution in [0.2, 0.25) is 0 Å². The molecule has 3 nitrogen and oxygen atoms in total. The van der Waals surface area contributed by atoms with Gasteiger partial charge in [0.2, 0.25) is 0 Å². The van der Waals surface area contributed by atoms with Gasteiger partial charge in [-0.2, -0.15) is 0 Å². The molecule has 0 atom stereocenters. The van der Waals surface area contributed by atoms with E-state index >= 15 is 0 Å². The van der Waals surface area contributed by atoms with E-state index in [0.29, 0.717) is 0 Å².